The number of halogens is 1. The number of benzene rings is 1. The summed E-state index contributed by atoms with van der Waals surface area (Å²) in [5.41, 5.74) is 1.73. The lowest BCUT2D eigenvalue weighted by molar-refractivity contribution is -0.120. The Morgan fingerprint density at radius 2 is 2.13 bits per heavy atom. The van der Waals surface area contributed by atoms with Gasteiger partial charge in [0.1, 0.15) is 5.82 Å². The minimum atomic E-state index is -0.364. The van der Waals surface area contributed by atoms with Gasteiger partial charge in [-0.05, 0) is 30.5 Å². The molecule has 2 rings (SSSR count). The highest BCUT2D eigenvalue weighted by Gasteiger charge is 2.09. The molecule has 1 unspecified atom stereocenters. The minimum Gasteiger partial charge on any atom is -0.393 e. The number of aromatic nitrogens is 1. The van der Waals surface area contributed by atoms with Crippen molar-refractivity contribution >= 4 is 17.2 Å². The van der Waals surface area contributed by atoms with Crippen LogP contribution in [0.5, 0.6) is 0 Å². The summed E-state index contributed by atoms with van der Waals surface area (Å²) in [6.45, 7) is 2.38. The number of hydrogen-bond acceptors (Lipinski definition) is 4. The highest BCUT2D eigenvalue weighted by Crippen LogP contribution is 2.15. The number of carbonyl (C=O) groups excluding carboxylic acids is 1. The number of nitrogens with one attached hydrogen (secondary N) is 1. The maximum Gasteiger partial charge on any atom is 0.226 e. The Balaban J connectivity index is 1.80. The molecule has 0 saturated heterocycles. The van der Waals surface area contributed by atoms with E-state index >= 15 is 0 Å². The quantitative estimate of drug-likeness (QED) is 0.779. The van der Waals surface area contributed by atoms with Crippen molar-refractivity contribution in [3.8, 4) is 0 Å². The third-order valence-electron chi connectivity index (χ3n) is 3.48. The number of thiazole rings is 1. The van der Waals surface area contributed by atoms with Gasteiger partial charge in [0, 0.05) is 18.3 Å². The van der Waals surface area contributed by atoms with Gasteiger partial charge in [-0.25, -0.2) is 9.37 Å². The average molecular weight is 336 g/mol. The van der Waals surface area contributed by atoms with Gasteiger partial charge in [0.2, 0.25) is 5.91 Å². The van der Waals surface area contributed by atoms with Crippen LogP contribution in [0.1, 0.15) is 36.0 Å². The first kappa shape index (κ1) is 17.6. The first-order chi connectivity index (χ1) is 11.1. The van der Waals surface area contributed by atoms with Gasteiger partial charge >= 0.3 is 0 Å². The molecule has 1 aromatic heterocycles. The van der Waals surface area contributed by atoms with Crippen LogP contribution in [0.15, 0.2) is 29.6 Å². The van der Waals surface area contributed by atoms with E-state index in [0.717, 1.165) is 16.3 Å². The fourth-order valence-corrected chi connectivity index (χ4v) is 2.93. The molecule has 0 aliphatic rings. The molecule has 4 nitrogen and oxygen atoms in total. The molecule has 0 aliphatic heterocycles. The van der Waals surface area contributed by atoms with Crippen molar-refractivity contribution in [2.75, 3.05) is 6.54 Å². The molecule has 6 heteroatoms. The van der Waals surface area contributed by atoms with Crippen molar-refractivity contribution < 1.29 is 14.3 Å². The molecule has 1 atom stereocenters. The van der Waals surface area contributed by atoms with Crippen molar-refractivity contribution in [1.82, 2.24) is 10.3 Å². The first-order valence-electron chi connectivity index (χ1n) is 7.69. The Morgan fingerprint density at radius 3 is 2.83 bits per heavy atom. The van der Waals surface area contributed by atoms with E-state index in [1.807, 2.05) is 12.3 Å². The Morgan fingerprint density at radius 1 is 1.39 bits per heavy atom. The largest absolute Gasteiger partial charge is 0.393 e. The monoisotopic (exact) mass is 336 g/mol. The number of carbonyl (C=O) groups is 1. The lowest BCUT2D eigenvalue weighted by Crippen LogP contribution is -2.28. The van der Waals surface area contributed by atoms with Gasteiger partial charge in [-0.3, -0.25) is 4.79 Å². The summed E-state index contributed by atoms with van der Waals surface area (Å²) < 4.78 is 12.9. The van der Waals surface area contributed by atoms with Gasteiger partial charge in [-0.15, -0.1) is 11.3 Å². The number of amides is 1. The standard InChI is InChI=1S/C17H21FN2O2S/c1-2-15(21)7-8-19-16(22)10-14-11-23-17(20-14)9-12-3-5-13(18)6-4-12/h3-6,11,15,21H,2,7-10H2,1H3,(H,19,22). The summed E-state index contributed by atoms with van der Waals surface area (Å²) in [4.78, 5) is 16.3. The summed E-state index contributed by atoms with van der Waals surface area (Å²) in [7, 11) is 0. The van der Waals surface area contributed by atoms with Crippen LogP contribution in [0.4, 0.5) is 4.39 Å². The van der Waals surface area contributed by atoms with Crippen LogP contribution in [0.25, 0.3) is 0 Å². The molecule has 1 aromatic carbocycles. The number of nitrogens with zero attached hydrogens (tertiary/aromatic N) is 1. The molecule has 0 spiro atoms. The van der Waals surface area contributed by atoms with Gasteiger partial charge in [0.05, 0.1) is 23.2 Å². The normalized spacial score (nSPS) is 12.1. The highest BCUT2D eigenvalue weighted by atomic mass is 32.1. The molecule has 1 amide bonds. The van der Waals surface area contributed by atoms with Crippen molar-refractivity contribution in [2.45, 2.75) is 38.7 Å². The second-order valence-electron chi connectivity index (χ2n) is 5.41. The molecule has 23 heavy (non-hydrogen) atoms. The van der Waals surface area contributed by atoms with Gasteiger partial charge in [0.25, 0.3) is 0 Å². The predicted octanol–water partition coefficient (Wildman–Crippen LogP) is 2.69. The summed E-state index contributed by atoms with van der Waals surface area (Å²) in [6, 6.07) is 6.34. The van der Waals surface area contributed by atoms with E-state index in [9.17, 15) is 14.3 Å². The first-order valence-corrected chi connectivity index (χ1v) is 8.57. The number of aliphatic hydroxyl groups excluding tert-OH is 1. The molecule has 0 aliphatic carbocycles. The Hall–Kier alpha value is -1.79. The van der Waals surface area contributed by atoms with Gasteiger partial charge in [-0.2, -0.15) is 0 Å². The number of hydrogen-bond donors (Lipinski definition) is 2. The molecular formula is C17H21FN2O2S. The fourth-order valence-electron chi connectivity index (χ4n) is 2.10. The maximum atomic E-state index is 12.9. The summed E-state index contributed by atoms with van der Waals surface area (Å²) in [5, 5.41) is 15.0. The van der Waals surface area contributed by atoms with E-state index in [-0.39, 0.29) is 24.2 Å². The zero-order valence-corrected chi connectivity index (χ0v) is 13.9. The van der Waals surface area contributed by atoms with E-state index in [4.69, 9.17) is 0 Å². The van der Waals surface area contributed by atoms with E-state index in [1.165, 1.54) is 23.5 Å². The Bertz CT molecular complexity index is 628. The Kier molecular flexibility index (Phi) is 6.67. The topological polar surface area (TPSA) is 62.2 Å². The Labute approximate surface area is 139 Å². The van der Waals surface area contributed by atoms with Crippen LogP contribution < -0.4 is 5.32 Å². The van der Waals surface area contributed by atoms with Crippen LogP contribution >= 0.6 is 11.3 Å². The molecular weight excluding hydrogens is 315 g/mol. The molecule has 1 heterocycles. The van der Waals surface area contributed by atoms with E-state index in [0.29, 0.717) is 25.8 Å². The highest BCUT2D eigenvalue weighted by molar-refractivity contribution is 7.09. The van der Waals surface area contributed by atoms with Crippen LogP contribution in [0, 0.1) is 5.82 Å². The van der Waals surface area contributed by atoms with Crippen LogP contribution in [0.2, 0.25) is 0 Å². The fraction of sp³-hybridized carbons (Fsp3) is 0.412. The zero-order valence-electron chi connectivity index (χ0n) is 13.1. The van der Waals surface area contributed by atoms with E-state index < -0.39 is 0 Å². The summed E-state index contributed by atoms with van der Waals surface area (Å²) in [6.07, 6.45) is 1.76. The number of aliphatic hydroxyl groups is 1. The lowest BCUT2D eigenvalue weighted by atomic mass is 10.1. The molecule has 0 saturated carbocycles. The number of rotatable bonds is 8. The molecule has 0 bridgehead atoms. The van der Waals surface area contributed by atoms with Gasteiger partial charge in [-0.1, -0.05) is 19.1 Å². The molecule has 0 radical (unpaired) electrons. The SMILES string of the molecule is CCC(O)CCNC(=O)Cc1csc(Cc2ccc(F)cc2)n1. The van der Waals surface area contributed by atoms with Crippen molar-refractivity contribution in [1.29, 1.82) is 0 Å². The summed E-state index contributed by atoms with van der Waals surface area (Å²) in [5.74, 6) is -0.342. The molecule has 0 fully saturated rings. The van der Waals surface area contributed by atoms with Crippen LogP contribution in [-0.2, 0) is 17.6 Å². The molecule has 2 aromatic rings. The third-order valence-corrected chi connectivity index (χ3v) is 4.38. The van der Waals surface area contributed by atoms with Crippen LogP contribution in [-0.4, -0.2) is 28.6 Å². The molecule has 124 valence electrons. The molecule has 2 N–H and O–H groups in total. The third kappa shape index (κ3) is 6.08. The second-order valence-corrected chi connectivity index (χ2v) is 6.36. The van der Waals surface area contributed by atoms with E-state index in [2.05, 4.69) is 10.3 Å². The minimum absolute atomic E-state index is 0.0908. The smallest absolute Gasteiger partial charge is 0.226 e. The second kappa shape index (κ2) is 8.74. The van der Waals surface area contributed by atoms with Crippen molar-refractivity contribution in [3.63, 3.8) is 0 Å². The lowest BCUT2D eigenvalue weighted by Gasteiger charge is -2.08. The van der Waals surface area contributed by atoms with Crippen molar-refractivity contribution in [2.24, 2.45) is 0 Å². The zero-order chi connectivity index (χ0) is 16.7. The average Bonchev–Trinajstić information content (AvgIpc) is 2.96. The van der Waals surface area contributed by atoms with E-state index in [1.54, 1.807) is 12.1 Å². The van der Waals surface area contributed by atoms with Gasteiger partial charge < -0.3 is 10.4 Å². The van der Waals surface area contributed by atoms with Gasteiger partial charge in [0.15, 0.2) is 0 Å². The predicted molar refractivity (Wildman–Crippen MR) is 88.9 cm³/mol. The van der Waals surface area contributed by atoms with Crippen LogP contribution in [0.3, 0.4) is 0 Å². The maximum absolute atomic E-state index is 12.9. The summed E-state index contributed by atoms with van der Waals surface area (Å²) >= 11 is 1.50. The van der Waals surface area contributed by atoms with Crippen molar-refractivity contribution in [3.05, 3.63) is 51.7 Å².